The maximum atomic E-state index is 5.92. The van der Waals surface area contributed by atoms with Crippen molar-refractivity contribution in [1.82, 2.24) is 4.98 Å². The van der Waals surface area contributed by atoms with Gasteiger partial charge in [0.05, 0.1) is 6.61 Å². The van der Waals surface area contributed by atoms with Crippen LogP contribution in [-0.2, 0) is 4.74 Å². The summed E-state index contributed by atoms with van der Waals surface area (Å²) in [6.07, 6.45) is 2.91. The van der Waals surface area contributed by atoms with Crippen LogP contribution in [0.15, 0.2) is 18.3 Å². The maximum Gasteiger partial charge on any atom is 0.129 e. The van der Waals surface area contributed by atoms with E-state index in [1.165, 1.54) is 0 Å². The molecular formula is C14H25N3O. The minimum absolute atomic E-state index is 0.0351. The molecule has 0 bridgehead atoms. The summed E-state index contributed by atoms with van der Waals surface area (Å²) >= 11 is 0. The molecule has 18 heavy (non-hydrogen) atoms. The number of hydrogen-bond acceptors (Lipinski definition) is 4. The third kappa shape index (κ3) is 3.96. The van der Waals surface area contributed by atoms with Crippen molar-refractivity contribution in [3.05, 3.63) is 23.9 Å². The third-order valence-electron chi connectivity index (χ3n) is 3.25. The minimum atomic E-state index is 0.0351. The smallest absolute Gasteiger partial charge is 0.129 e. The van der Waals surface area contributed by atoms with Gasteiger partial charge in [0.1, 0.15) is 5.82 Å². The Bertz CT molecular complexity index is 355. The normalized spacial score (nSPS) is 14.3. The lowest BCUT2D eigenvalue weighted by atomic mass is 10.1. The molecule has 1 aromatic heterocycles. The van der Waals surface area contributed by atoms with Crippen LogP contribution in [0.1, 0.15) is 38.8 Å². The summed E-state index contributed by atoms with van der Waals surface area (Å²) in [6, 6.07) is 4.52. The molecule has 0 amide bonds. The molecule has 2 N–H and O–H groups in total. The second-order valence-corrected chi connectivity index (χ2v) is 4.68. The molecular weight excluding hydrogens is 226 g/mol. The van der Waals surface area contributed by atoms with Crippen molar-refractivity contribution in [2.45, 2.75) is 39.3 Å². The van der Waals surface area contributed by atoms with E-state index in [-0.39, 0.29) is 6.04 Å². The second-order valence-electron chi connectivity index (χ2n) is 4.68. The van der Waals surface area contributed by atoms with Gasteiger partial charge in [0.15, 0.2) is 0 Å². The first-order valence-corrected chi connectivity index (χ1v) is 6.57. The number of anilines is 1. The molecule has 0 radical (unpaired) electrons. The third-order valence-corrected chi connectivity index (χ3v) is 3.25. The van der Waals surface area contributed by atoms with Gasteiger partial charge in [-0.1, -0.05) is 6.92 Å². The SMILES string of the molecule is CCC(C)N(CCOC)c1cc([C@@H](C)N)ccn1. The van der Waals surface area contributed by atoms with E-state index in [0.29, 0.717) is 12.6 Å². The van der Waals surface area contributed by atoms with E-state index in [9.17, 15) is 0 Å². The fourth-order valence-corrected chi connectivity index (χ4v) is 1.85. The number of nitrogens with zero attached hydrogens (tertiary/aromatic N) is 2. The average molecular weight is 251 g/mol. The number of pyridine rings is 1. The van der Waals surface area contributed by atoms with Gasteiger partial charge in [0.25, 0.3) is 0 Å². The van der Waals surface area contributed by atoms with Crippen LogP contribution in [0, 0.1) is 0 Å². The van der Waals surface area contributed by atoms with E-state index in [1.807, 2.05) is 19.2 Å². The van der Waals surface area contributed by atoms with Gasteiger partial charge in [0.2, 0.25) is 0 Å². The Kier molecular flexibility index (Phi) is 6.09. The predicted octanol–water partition coefficient (Wildman–Crippen LogP) is 2.35. The summed E-state index contributed by atoms with van der Waals surface area (Å²) in [7, 11) is 1.72. The van der Waals surface area contributed by atoms with Crippen LogP contribution in [0.3, 0.4) is 0 Å². The molecule has 0 aliphatic rings. The van der Waals surface area contributed by atoms with Crippen LogP contribution < -0.4 is 10.6 Å². The van der Waals surface area contributed by atoms with Crippen molar-refractivity contribution >= 4 is 5.82 Å². The van der Waals surface area contributed by atoms with E-state index in [0.717, 1.165) is 24.3 Å². The molecule has 2 atom stereocenters. The van der Waals surface area contributed by atoms with Crippen molar-refractivity contribution < 1.29 is 4.74 Å². The molecule has 0 spiro atoms. The topological polar surface area (TPSA) is 51.4 Å². The van der Waals surface area contributed by atoms with Crippen LogP contribution in [-0.4, -0.2) is 31.3 Å². The van der Waals surface area contributed by atoms with Gasteiger partial charge in [-0.05, 0) is 38.0 Å². The van der Waals surface area contributed by atoms with E-state index in [1.54, 1.807) is 7.11 Å². The summed E-state index contributed by atoms with van der Waals surface area (Å²) in [5, 5.41) is 0. The monoisotopic (exact) mass is 251 g/mol. The van der Waals surface area contributed by atoms with E-state index < -0.39 is 0 Å². The van der Waals surface area contributed by atoms with E-state index >= 15 is 0 Å². The van der Waals surface area contributed by atoms with Crippen LogP contribution in [0.2, 0.25) is 0 Å². The first-order valence-electron chi connectivity index (χ1n) is 6.57. The van der Waals surface area contributed by atoms with Crippen molar-refractivity contribution in [1.29, 1.82) is 0 Å². The highest BCUT2D eigenvalue weighted by molar-refractivity contribution is 5.42. The van der Waals surface area contributed by atoms with Crippen molar-refractivity contribution in [3.63, 3.8) is 0 Å². The predicted molar refractivity (Wildman–Crippen MR) is 75.8 cm³/mol. The van der Waals surface area contributed by atoms with Crippen LogP contribution in [0.25, 0.3) is 0 Å². The molecule has 0 aliphatic heterocycles. The molecule has 4 nitrogen and oxygen atoms in total. The summed E-state index contributed by atoms with van der Waals surface area (Å²) in [5.41, 5.74) is 7.04. The fraction of sp³-hybridized carbons (Fsp3) is 0.643. The maximum absolute atomic E-state index is 5.92. The Labute approximate surface area is 110 Å². The van der Waals surface area contributed by atoms with E-state index in [2.05, 4.69) is 29.8 Å². The second kappa shape index (κ2) is 7.34. The van der Waals surface area contributed by atoms with Crippen LogP contribution >= 0.6 is 0 Å². The largest absolute Gasteiger partial charge is 0.383 e. The van der Waals surface area contributed by atoms with Gasteiger partial charge >= 0.3 is 0 Å². The summed E-state index contributed by atoms with van der Waals surface area (Å²) < 4.78 is 5.17. The molecule has 0 fully saturated rings. The van der Waals surface area contributed by atoms with Crippen molar-refractivity contribution in [2.75, 3.05) is 25.2 Å². The standard InChI is InChI=1S/C14H25N3O/c1-5-11(2)17(8-9-18-4)14-10-13(12(3)15)6-7-16-14/h6-7,10-12H,5,8-9,15H2,1-4H3/t11?,12-/m1/s1. The molecule has 0 saturated heterocycles. The van der Waals surface area contributed by atoms with E-state index in [4.69, 9.17) is 10.5 Å². The Morgan fingerprint density at radius 2 is 2.17 bits per heavy atom. The number of methoxy groups -OCH3 is 1. The number of rotatable bonds is 7. The average Bonchev–Trinajstić information content (AvgIpc) is 2.39. The molecule has 1 heterocycles. The minimum Gasteiger partial charge on any atom is -0.383 e. The number of aromatic nitrogens is 1. The Balaban J connectivity index is 2.93. The molecule has 1 rings (SSSR count). The summed E-state index contributed by atoms with van der Waals surface area (Å²) in [5.74, 6) is 0.983. The van der Waals surface area contributed by atoms with Gasteiger partial charge in [-0.3, -0.25) is 0 Å². The zero-order valence-corrected chi connectivity index (χ0v) is 11.9. The zero-order valence-electron chi connectivity index (χ0n) is 11.9. The molecule has 0 aliphatic carbocycles. The highest BCUT2D eigenvalue weighted by Gasteiger charge is 2.14. The lowest BCUT2D eigenvalue weighted by Crippen LogP contribution is -2.36. The first kappa shape index (κ1) is 14.9. The summed E-state index contributed by atoms with van der Waals surface area (Å²) in [4.78, 5) is 6.73. The van der Waals surface area contributed by atoms with Gasteiger partial charge in [-0.2, -0.15) is 0 Å². The van der Waals surface area contributed by atoms with Gasteiger partial charge < -0.3 is 15.4 Å². The van der Waals surface area contributed by atoms with Crippen LogP contribution in [0.4, 0.5) is 5.82 Å². The quantitative estimate of drug-likeness (QED) is 0.808. The number of ether oxygens (including phenoxy) is 1. The lowest BCUT2D eigenvalue weighted by Gasteiger charge is -2.30. The number of nitrogens with two attached hydrogens (primary N) is 1. The summed E-state index contributed by atoms with van der Waals surface area (Å²) in [6.45, 7) is 7.92. The Morgan fingerprint density at radius 1 is 1.44 bits per heavy atom. The van der Waals surface area contributed by atoms with Crippen molar-refractivity contribution in [2.24, 2.45) is 5.73 Å². The molecule has 1 aromatic rings. The Morgan fingerprint density at radius 3 is 2.72 bits per heavy atom. The van der Waals surface area contributed by atoms with Gasteiger partial charge in [-0.15, -0.1) is 0 Å². The van der Waals surface area contributed by atoms with Crippen LogP contribution in [0.5, 0.6) is 0 Å². The Hall–Kier alpha value is -1.13. The highest BCUT2D eigenvalue weighted by atomic mass is 16.5. The molecule has 1 unspecified atom stereocenters. The lowest BCUT2D eigenvalue weighted by molar-refractivity contribution is 0.203. The molecule has 4 heteroatoms. The van der Waals surface area contributed by atoms with Gasteiger partial charge in [-0.25, -0.2) is 4.98 Å². The van der Waals surface area contributed by atoms with Gasteiger partial charge in [0, 0.05) is 31.9 Å². The molecule has 102 valence electrons. The zero-order chi connectivity index (χ0) is 13.5. The molecule has 0 aromatic carbocycles. The first-order chi connectivity index (χ1) is 8.60. The van der Waals surface area contributed by atoms with Crippen molar-refractivity contribution in [3.8, 4) is 0 Å². The highest BCUT2D eigenvalue weighted by Crippen LogP contribution is 2.19. The fourth-order valence-electron chi connectivity index (χ4n) is 1.85. The number of hydrogen-bond donors (Lipinski definition) is 1. The molecule has 0 saturated carbocycles.